The molecule has 1 heteroatoms. The fourth-order valence-electron chi connectivity index (χ4n) is 6.68. The van der Waals surface area contributed by atoms with E-state index in [4.69, 9.17) is 4.74 Å². The van der Waals surface area contributed by atoms with Crippen molar-refractivity contribution in [1.82, 2.24) is 0 Å². The minimum Gasteiger partial charge on any atom is -0.464 e. The summed E-state index contributed by atoms with van der Waals surface area (Å²) >= 11 is 0. The van der Waals surface area contributed by atoms with E-state index in [1.54, 1.807) is 6.26 Å². The summed E-state index contributed by atoms with van der Waals surface area (Å²) in [6.45, 7) is 4.44. The summed E-state index contributed by atoms with van der Waals surface area (Å²) < 4.78 is 6.08. The standard InChI is InChI=1S/C42H28O/c1-28-14-11-12-27-43-39-24-13-23-38(40(28)39)42-35-21-9-7-19-33(35)41(34-20-8-10-22-36(34)42)37-26-25-30(29-15-3-2-4-16-29)31-17-5-6-18-32(31)37/h2-27H,1H2/b14-11-,27-12-. The van der Waals surface area contributed by atoms with Gasteiger partial charge in [-0.2, -0.15) is 0 Å². The molecule has 1 aliphatic rings. The predicted molar refractivity (Wildman–Crippen MR) is 183 cm³/mol. The van der Waals surface area contributed by atoms with Gasteiger partial charge in [0.05, 0.1) is 6.26 Å². The zero-order valence-electron chi connectivity index (χ0n) is 23.6. The third-order valence-corrected chi connectivity index (χ3v) is 8.51. The molecular weight excluding hydrogens is 520 g/mol. The van der Waals surface area contributed by atoms with Gasteiger partial charge in [-0.15, -0.1) is 0 Å². The Balaban J connectivity index is 1.48. The monoisotopic (exact) mass is 548 g/mol. The van der Waals surface area contributed by atoms with Gasteiger partial charge in [0.2, 0.25) is 0 Å². The number of fused-ring (bicyclic) bond motifs is 4. The van der Waals surface area contributed by atoms with E-state index in [1.165, 1.54) is 60.1 Å². The smallest absolute Gasteiger partial charge is 0.134 e. The van der Waals surface area contributed by atoms with Crippen molar-refractivity contribution in [2.75, 3.05) is 0 Å². The molecule has 0 aliphatic carbocycles. The molecule has 1 nitrogen and oxygen atoms in total. The zero-order chi connectivity index (χ0) is 28.8. The molecular formula is C42H28O. The van der Waals surface area contributed by atoms with E-state index >= 15 is 0 Å². The molecule has 0 amide bonds. The van der Waals surface area contributed by atoms with Crippen LogP contribution in [0, 0.1) is 0 Å². The van der Waals surface area contributed by atoms with Crippen LogP contribution >= 0.6 is 0 Å². The molecule has 43 heavy (non-hydrogen) atoms. The predicted octanol–water partition coefficient (Wildman–Crippen LogP) is 11.6. The molecule has 202 valence electrons. The van der Waals surface area contributed by atoms with Crippen molar-refractivity contribution in [2.45, 2.75) is 0 Å². The highest BCUT2D eigenvalue weighted by Crippen LogP contribution is 2.48. The maximum Gasteiger partial charge on any atom is 0.134 e. The Labute approximate surface area is 251 Å². The van der Waals surface area contributed by atoms with E-state index in [-0.39, 0.29) is 0 Å². The third-order valence-electron chi connectivity index (χ3n) is 8.51. The van der Waals surface area contributed by atoms with Crippen LogP contribution in [0.3, 0.4) is 0 Å². The topological polar surface area (TPSA) is 9.23 Å². The van der Waals surface area contributed by atoms with E-state index in [1.807, 2.05) is 18.2 Å². The quantitative estimate of drug-likeness (QED) is 0.200. The molecule has 0 fully saturated rings. The second-order valence-electron chi connectivity index (χ2n) is 10.9. The van der Waals surface area contributed by atoms with E-state index in [2.05, 4.69) is 140 Å². The molecule has 1 aliphatic heterocycles. The number of rotatable bonds is 3. The number of hydrogen-bond donors (Lipinski definition) is 0. The van der Waals surface area contributed by atoms with Crippen molar-refractivity contribution in [3.8, 4) is 39.1 Å². The van der Waals surface area contributed by atoms with Crippen LogP contribution in [0.1, 0.15) is 5.56 Å². The number of allylic oxidation sites excluding steroid dienone is 4. The molecule has 0 unspecified atom stereocenters. The molecule has 0 atom stereocenters. The number of benzene rings is 7. The van der Waals surface area contributed by atoms with Crippen LogP contribution in [-0.2, 0) is 0 Å². The van der Waals surface area contributed by atoms with Gasteiger partial charge in [-0.25, -0.2) is 0 Å². The highest BCUT2D eigenvalue weighted by Gasteiger charge is 2.22. The van der Waals surface area contributed by atoms with Crippen molar-refractivity contribution >= 4 is 37.9 Å². The molecule has 0 saturated carbocycles. The Morgan fingerprint density at radius 1 is 0.395 bits per heavy atom. The highest BCUT2D eigenvalue weighted by molar-refractivity contribution is 6.24. The van der Waals surface area contributed by atoms with Gasteiger partial charge in [0, 0.05) is 5.56 Å². The van der Waals surface area contributed by atoms with Gasteiger partial charge in [0.25, 0.3) is 0 Å². The maximum atomic E-state index is 6.08. The molecule has 7 aromatic rings. The van der Waals surface area contributed by atoms with Gasteiger partial charge in [-0.1, -0.05) is 146 Å². The first-order chi connectivity index (χ1) is 21.3. The van der Waals surface area contributed by atoms with Crippen LogP contribution in [0.2, 0.25) is 0 Å². The van der Waals surface area contributed by atoms with Crippen LogP contribution in [-0.4, -0.2) is 0 Å². The van der Waals surface area contributed by atoms with Gasteiger partial charge >= 0.3 is 0 Å². The summed E-state index contributed by atoms with van der Waals surface area (Å²) in [6.07, 6.45) is 7.66. The molecule has 0 aromatic heterocycles. The molecule has 0 bridgehead atoms. The van der Waals surface area contributed by atoms with Crippen LogP contribution in [0.5, 0.6) is 5.75 Å². The molecule has 8 rings (SSSR count). The van der Waals surface area contributed by atoms with Gasteiger partial charge in [0.1, 0.15) is 5.75 Å². The second-order valence-corrected chi connectivity index (χ2v) is 10.9. The summed E-state index contributed by atoms with van der Waals surface area (Å²) in [5, 5.41) is 7.35. The SMILES string of the molecule is C=C1/C=C\C=C/Oc2cccc(-c3c4ccccc4c(-c4ccc(-c5ccccc5)c5ccccc45)c4ccccc34)c21. The lowest BCUT2D eigenvalue weighted by Crippen LogP contribution is -1.97. The normalized spacial score (nSPS) is 14.2. The van der Waals surface area contributed by atoms with Crippen molar-refractivity contribution in [1.29, 1.82) is 0 Å². The first kappa shape index (κ1) is 25.1. The summed E-state index contributed by atoms with van der Waals surface area (Å²) in [5.41, 5.74) is 9.21. The zero-order valence-corrected chi connectivity index (χ0v) is 23.6. The molecule has 0 radical (unpaired) electrons. The summed E-state index contributed by atoms with van der Waals surface area (Å²) in [6, 6.07) is 48.0. The van der Waals surface area contributed by atoms with Gasteiger partial charge in [-0.3, -0.25) is 0 Å². The Bertz CT molecular complexity index is 2210. The lowest BCUT2D eigenvalue weighted by molar-refractivity contribution is 0.480. The summed E-state index contributed by atoms with van der Waals surface area (Å²) in [7, 11) is 0. The molecule has 7 aromatic carbocycles. The van der Waals surface area contributed by atoms with Gasteiger partial charge in [0.15, 0.2) is 0 Å². The maximum absolute atomic E-state index is 6.08. The highest BCUT2D eigenvalue weighted by atomic mass is 16.5. The Morgan fingerprint density at radius 3 is 1.58 bits per heavy atom. The lowest BCUT2D eigenvalue weighted by Gasteiger charge is -2.22. The van der Waals surface area contributed by atoms with E-state index in [0.29, 0.717) is 0 Å². The van der Waals surface area contributed by atoms with Crippen molar-refractivity contribution in [2.24, 2.45) is 0 Å². The Hall–Kier alpha value is -5.66. The fraction of sp³-hybridized carbons (Fsp3) is 0. The third kappa shape index (κ3) is 4.09. The van der Waals surface area contributed by atoms with E-state index < -0.39 is 0 Å². The van der Waals surface area contributed by atoms with Crippen molar-refractivity contribution in [3.63, 3.8) is 0 Å². The lowest BCUT2D eigenvalue weighted by atomic mass is 9.82. The average Bonchev–Trinajstić information content (AvgIpc) is 3.06. The summed E-state index contributed by atoms with van der Waals surface area (Å²) in [5.74, 6) is 0.808. The molecule has 0 N–H and O–H groups in total. The Kier molecular flexibility index (Phi) is 6.02. The minimum absolute atomic E-state index is 0.808. The van der Waals surface area contributed by atoms with Crippen molar-refractivity contribution in [3.05, 3.63) is 170 Å². The average molecular weight is 549 g/mol. The minimum atomic E-state index is 0.808. The van der Waals surface area contributed by atoms with Crippen LogP contribution in [0.25, 0.3) is 71.3 Å². The molecule has 1 heterocycles. The molecule has 0 saturated heterocycles. The van der Waals surface area contributed by atoms with E-state index in [9.17, 15) is 0 Å². The first-order valence-corrected chi connectivity index (χ1v) is 14.6. The van der Waals surface area contributed by atoms with Crippen LogP contribution in [0.4, 0.5) is 0 Å². The van der Waals surface area contributed by atoms with Crippen LogP contribution < -0.4 is 4.74 Å². The number of ether oxygens (including phenoxy) is 1. The first-order valence-electron chi connectivity index (χ1n) is 14.6. The van der Waals surface area contributed by atoms with E-state index in [0.717, 1.165) is 22.4 Å². The van der Waals surface area contributed by atoms with Gasteiger partial charge < -0.3 is 4.74 Å². The Morgan fingerprint density at radius 2 is 0.930 bits per heavy atom. The van der Waals surface area contributed by atoms with Crippen LogP contribution in [0.15, 0.2) is 165 Å². The second kappa shape index (κ2) is 10.3. The fourth-order valence-corrected chi connectivity index (χ4v) is 6.68. The molecule has 0 spiro atoms. The summed E-state index contributed by atoms with van der Waals surface area (Å²) in [4.78, 5) is 0. The van der Waals surface area contributed by atoms with Gasteiger partial charge in [-0.05, 0) is 83.4 Å². The van der Waals surface area contributed by atoms with Crippen molar-refractivity contribution < 1.29 is 4.74 Å². The largest absolute Gasteiger partial charge is 0.464 e. The number of hydrogen-bond acceptors (Lipinski definition) is 1.